The number of alkyl halides is 2. The van der Waals surface area contributed by atoms with Crippen LogP contribution in [0.1, 0.15) is 17.7 Å². The van der Waals surface area contributed by atoms with Crippen LogP contribution in [-0.2, 0) is 0 Å². The molecule has 0 fully saturated rings. The zero-order chi connectivity index (χ0) is 8.27. The summed E-state index contributed by atoms with van der Waals surface area (Å²) in [6.07, 6.45) is -1.44. The number of aromatic nitrogens is 1. The summed E-state index contributed by atoms with van der Waals surface area (Å²) in [5.74, 6) is 0. The van der Waals surface area contributed by atoms with Crippen molar-refractivity contribution in [1.29, 1.82) is 5.26 Å². The van der Waals surface area contributed by atoms with Gasteiger partial charge in [0, 0.05) is 6.20 Å². The predicted octanol–water partition coefficient (Wildman–Crippen LogP) is 1.89. The largest absolute Gasteiger partial charge is 0.281 e. The van der Waals surface area contributed by atoms with E-state index in [1.54, 1.807) is 6.07 Å². The summed E-state index contributed by atoms with van der Waals surface area (Å²) in [5, 5.41) is 8.34. The van der Waals surface area contributed by atoms with Gasteiger partial charge in [-0.2, -0.15) is 5.26 Å². The Morgan fingerprint density at radius 2 is 2.27 bits per heavy atom. The van der Waals surface area contributed by atoms with Crippen LogP contribution in [0.2, 0.25) is 0 Å². The van der Waals surface area contributed by atoms with Crippen molar-refractivity contribution < 1.29 is 8.78 Å². The molecule has 56 valence electrons. The molecule has 0 bridgehead atoms. The summed E-state index contributed by atoms with van der Waals surface area (Å²) in [5.41, 5.74) is -0.516. The van der Waals surface area contributed by atoms with Gasteiger partial charge in [-0.25, -0.2) is 8.78 Å². The van der Waals surface area contributed by atoms with E-state index >= 15 is 0 Å². The highest BCUT2D eigenvalue weighted by atomic mass is 19.3. The average Bonchev–Trinajstić information content (AvgIpc) is 2.04. The summed E-state index contributed by atoms with van der Waals surface area (Å²) < 4.78 is 24.0. The van der Waals surface area contributed by atoms with Crippen LogP contribution in [0, 0.1) is 11.3 Å². The first-order chi connectivity index (χ1) is 5.25. The highest BCUT2D eigenvalue weighted by Gasteiger charge is 2.12. The van der Waals surface area contributed by atoms with Crippen molar-refractivity contribution in [2.45, 2.75) is 6.43 Å². The maximum Gasteiger partial charge on any atom is 0.281 e. The summed E-state index contributed by atoms with van der Waals surface area (Å²) in [7, 11) is 0. The Kier molecular flexibility index (Phi) is 2.12. The van der Waals surface area contributed by atoms with Gasteiger partial charge in [0.05, 0.1) is 5.56 Å². The van der Waals surface area contributed by atoms with Crippen molar-refractivity contribution in [3.05, 3.63) is 29.6 Å². The van der Waals surface area contributed by atoms with Crippen LogP contribution in [0.4, 0.5) is 8.78 Å². The van der Waals surface area contributed by atoms with Crippen molar-refractivity contribution in [1.82, 2.24) is 4.98 Å². The molecule has 2 nitrogen and oxygen atoms in total. The lowest BCUT2D eigenvalue weighted by Crippen LogP contribution is -1.93. The zero-order valence-corrected chi connectivity index (χ0v) is 5.46. The first-order valence-electron chi connectivity index (χ1n) is 2.89. The highest BCUT2D eigenvalue weighted by Crippen LogP contribution is 2.18. The molecule has 11 heavy (non-hydrogen) atoms. The molecule has 0 aliphatic rings. The fourth-order valence-corrected chi connectivity index (χ4v) is 0.686. The molecule has 4 heteroatoms. The molecule has 1 heterocycles. The van der Waals surface area contributed by atoms with E-state index in [4.69, 9.17) is 5.26 Å². The van der Waals surface area contributed by atoms with Gasteiger partial charge in [-0.3, -0.25) is 4.98 Å². The number of pyridine rings is 1. The molecular formula is C7H4F2N2. The van der Waals surface area contributed by atoms with E-state index in [0.29, 0.717) is 0 Å². The molecule has 0 aliphatic heterocycles. The summed E-state index contributed by atoms with van der Waals surface area (Å²) in [6, 6.07) is 4.40. The Balaban J connectivity index is 3.15. The van der Waals surface area contributed by atoms with Crippen molar-refractivity contribution >= 4 is 0 Å². The lowest BCUT2D eigenvalue weighted by atomic mass is 10.2. The second-order valence-corrected chi connectivity index (χ2v) is 1.85. The van der Waals surface area contributed by atoms with E-state index in [0.717, 1.165) is 0 Å². The predicted molar refractivity (Wildman–Crippen MR) is 33.9 cm³/mol. The molecule has 0 radical (unpaired) electrons. The van der Waals surface area contributed by atoms with Gasteiger partial charge in [0.15, 0.2) is 0 Å². The Labute approximate surface area is 62.1 Å². The molecule has 1 aromatic rings. The van der Waals surface area contributed by atoms with Crippen LogP contribution in [0.3, 0.4) is 0 Å². The fourth-order valence-electron chi connectivity index (χ4n) is 0.686. The summed E-state index contributed by atoms with van der Waals surface area (Å²) >= 11 is 0. The van der Waals surface area contributed by atoms with E-state index in [1.165, 1.54) is 18.3 Å². The fraction of sp³-hybridized carbons (Fsp3) is 0.143. The van der Waals surface area contributed by atoms with Crippen molar-refractivity contribution in [2.75, 3.05) is 0 Å². The number of hydrogen-bond acceptors (Lipinski definition) is 2. The number of rotatable bonds is 1. The monoisotopic (exact) mass is 154 g/mol. The molecule has 0 N–H and O–H groups in total. The minimum atomic E-state index is -2.68. The molecule has 0 atom stereocenters. The first-order valence-corrected chi connectivity index (χ1v) is 2.89. The zero-order valence-electron chi connectivity index (χ0n) is 5.46. The van der Waals surface area contributed by atoms with E-state index in [9.17, 15) is 8.78 Å². The Morgan fingerprint density at radius 3 is 2.73 bits per heavy atom. The lowest BCUT2D eigenvalue weighted by molar-refractivity contribution is 0.145. The van der Waals surface area contributed by atoms with Crippen LogP contribution in [0.5, 0.6) is 0 Å². The normalized spacial score (nSPS) is 9.64. The van der Waals surface area contributed by atoms with Crippen LogP contribution >= 0.6 is 0 Å². The quantitative estimate of drug-likeness (QED) is 0.619. The van der Waals surface area contributed by atoms with Crippen LogP contribution < -0.4 is 0 Å². The number of nitriles is 1. The molecule has 0 aromatic carbocycles. The Morgan fingerprint density at radius 1 is 1.55 bits per heavy atom. The molecular weight excluding hydrogens is 150 g/mol. The number of hydrogen-bond donors (Lipinski definition) is 0. The third-order valence-electron chi connectivity index (χ3n) is 1.17. The molecule has 1 rings (SSSR count). The van der Waals surface area contributed by atoms with Crippen molar-refractivity contribution in [2.24, 2.45) is 0 Å². The average molecular weight is 154 g/mol. The smallest absolute Gasteiger partial charge is 0.254 e. The second kappa shape index (κ2) is 3.06. The van der Waals surface area contributed by atoms with Gasteiger partial charge in [0.1, 0.15) is 11.8 Å². The van der Waals surface area contributed by atoms with E-state index in [2.05, 4.69) is 4.98 Å². The van der Waals surface area contributed by atoms with Gasteiger partial charge in [0.25, 0.3) is 6.43 Å². The topological polar surface area (TPSA) is 36.7 Å². The van der Waals surface area contributed by atoms with E-state index in [-0.39, 0.29) is 5.56 Å². The standard InChI is InChI=1S/C7H4F2N2/c8-7(9)6-5(4-10)2-1-3-11-6/h1-3,7H. The molecule has 0 spiro atoms. The highest BCUT2D eigenvalue weighted by molar-refractivity contribution is 5.32. The molecule has 0 aliphatic carbocycles. The molecule has 0 saturated heterocycles. The van der Waals surface area contributed by atoms with Crippen LogP contribution in [-0.4, -0.2) is 4.98 Å². The molecule has 0 saturated carbocycles. The first kappa shape index (κ1) is 7.61. The minimum Gasteiger partial charge on any atom is -0.254 e. The van der Waals surface area contributed by atoms with Crippen LogP contribution in [0.25, 0.3) is 0 Å². The van der Waals surface area contributed by atoms with Gasteiger partial charge in [0.2, 0.25) is 0 Å². The summed E-state index contributed by atoms with van der Waals surface area (Å²) in [6.45, 7) is 0. The number of halogens is 2. The van der Waals surface area contributed by atoms with Gasteiger partial charge in [-0.05, 0) is 12.1 Å². The minimum absolute atomic E-state index is 0.0671. The molecule has 0 unspecified atom stereocenters. The maximum absolute atomic E-state index is 12.0. The van der Waals surface area contributed by atoms with Gasteiger partial charge in [-0.15, -0.1) is 0 Å². The third-order valence-corrected chi connectivity index (χ3v) is 1.17. The van der Waals surface area contributed by atoms with Crippen LogP contribution in [0.15, 0.2) is 18.3 Å². The third kappa shape index (κ3) is 1.49. The second-order valence-electron chi connectivity index (χ2n) is 1.85. The molecule has 1 aromatic heterocycles. The Hall–Kier alpha value is -1.50. The maximum atomic E-state index is 12.0. The van der Waals surface area contributed by atoms with E-state index in [1.807, 2.05) is 0 Å². The lowest BCUT2D eigenvalue weighted by Gasteiger charge is -1.98. The van der Waals surface area contributed by atoms with Crippen molar-refractivity contribution in [3.8, 4) is 6.07 Å². The SMILES string of the molecule is N#Cc1cccnc1C(F)F. The van der Waals surface area contributed by atoms with Crippen molar-refractivity contribution in [3.63, 3.8) is 0 Å². The number of nitrogens with zero attached hydrogens (tertiary/aromatic N) is 2. The Bertz CT molecular complexity index is 291. The van der Waals surface area contributed by atoms with Gasteiger partial charge in [-0.1, -0.05) is 0 Å². The summed E-state index contributed by atoms with van der Waals surface area (Å²) in [4.78, 5) is 3.38. The molecule has 0 amide bonds. The van der Waals surface area contributed by atoms with E-state index < -0.39 is 12.1 Å². The van der Waals surface area contributed by atoms with Gasteiger partial charge >= 0.3 is 0 Å². The van der Waals surface area contributed by atoms with Gasteiger partial charge < -0.3 is 0 Å².